The molecule has 0 fully saturated rings. The first-order chi connectivity index (χ1) is 17.9. The zero-order valence-electron chi connectivity index (χ0n) is 24.1. The van der Waals surface area contributed by atoms with Gasteiger partial charge in [-0.15, -0.1) is 0 Å². The number of carbonyl (C=O) groups is 6. The van der Waals surface area contributed by atoms with Gasteiger partial charge in [-0.05, 0) is 47.3 Å². The molecule has 0 spiro atoms. The first-order valence-corrected chi connectivity index (χ1v) is 13.0. The number of rotatable bonds is 20. The maximum absolute atomic E-state index is 13.6. The van der Waals surface area contributed by atoms with E-state index in [2.05, 4.69) is 16.0 Å². The number of ketones is 5. The van der Waals surface area contributed by atoms with Gasteiger partial charge in [0.2, 0.25) is 11.4 Å². The van der Waals surface area contributed by atoms with Crippen LogP contribution in [0.25, 0.3) is 0 Å². The second kappa shape index (κ2) is 14.8. The number of aliphatic carboxylic acids is 1. The number of carboxylic acid groups (broad SMARTS) is 1. The number of hydrogen-bond acceptors (Lipinski definition) is 12. The van der Waals surface area contributed by atoms with Crippen molar-refractivity contribution < 1.29 is 49.2 Å². The van der Waals surface area contributed by atoms with Crippen LogP contribution in [0.4, 0.5) is 0 Å². The lowest BCUT2D eigenvalue weighted by atomic mass is 9.72. The molecule has 13 heteroatoms. The third-order valence-electron chi connectivity index (χ3n) is 7.32. The zero-order chi connectivity index (χ0) is 30.9. The fourth-order valence-corrected chi connectivity index (χ4v) is 4.30. The summed E-state index contributed by atoms with van der Waals surface area (Å²) in [7, 11) is 4.14. The number of likely N-dealkylation sites (N-methyl/N-ethyl adjacent to an activating group) is 3. The van der Waals surface area contributed by atoms with Crippen LogP contribution in [0.15, 0.2) is 0 Å². The molecule has 7 atom stereocenters. The van der Waals surface area contributed by atoms with Gasteiger partial charge in [0.25, 0.3) is 0 Å². The fourth-order valence-electron chi connectivity index (χ4n) is 4.30. The van der Waals surface area contributed by atoms with Gasteiger partial charge in [-0.3, -0.25) is 24.0 Å². The predicted molar refractivity (Wildman–Crippen MR) is 141 cm³/mol. The highest BCUT2D eigenvalue weighted by atomic mass is 16.4. The van der Waals surface area contributed by atoms with E-state index in [0.717, 1.165) is 6.92 Å². The molecule has 0 aromatic heterocycles. The van der Waals surface area contributed by atoms with Crippen molar-refractivity contribution in [3.8, 4) is 0 Å². The third-order valence-corrected chi connectivity index (χ3v) is 7.32. The van der Waals surface area contributed by atoms with Gasteiger partial charge in [0.1, 0.15) is 0 Å². The predicted octanol–water partition coefficient (Wildman–Crippen LogP) is -1.46. The highest BCUT2D eigenvalue weighted by Gasteiger charge is 2.61. The van der Waals surface area contributed by atoms with Crippen molar-refractivity contribution in [3.05, 3.63) is 0 Å². The summed E-state index contributed by atoms with van der Waals surface area (Å²) in [6.45, 7) is 7.26. The van der Waals surface area contributed by atoms with E-state index >= 15 is 0 Å². The van der Waals surface area contributed by atoms with Crippen LogP contribution in [0.1, 0.15) is 66.7 Å². The molecule has 0 saturated heterocycles. The van der Waals surface area contributed by atoms with E-state index < -0.39 is 82.7 Å². The summed E-state index contributed by atoms with van der Waals surface area (Å²) in [5, 5.41) is 50.8. The second-order valence-corrected chi connectivity index (χ2v) is 10.2. The monoisotopic (exact) mass is 559 g/mol. The SMILES string of the molecule is CCC[C@@H](NC)C(=O)C(C)(O)C(=O)CC(O)(C(=O)[C@@H](C)NC)C(=O)C(O)(CC(=O)[C@H](NC)[C@@H](C)CC)C(=O)O. The molecule has 0 radical (unpaired) electrons. The summed E-state index contributed by atoms with van der Waals surface area (Å²) in [5.41, 5.74) is -9.91. The molecule has 0 aliphatic rings. The van der Waals surface area contributed by atoms with Crippen LogP contribution in [-0.4, -0.2) is 111 Å². The standard InChI is InChI=1S/C26H45N3O10/c1-9-11-16(28-7)21(33)24(5,37)18(31)13-25(38,20(32)15(4)27-6)22(34)26(39,23(35)36)12-17(30)19(29-8)14(3)10-2/h14-16,19,27-29,37-39H,9-13H2,1-8H3,(H,35,36)/t14-,15+,16+,19+,24?,25?,26?/m0/s1. The Labute approximate surface area is 229 Å². The van der Waals surface area contributed by atoms with Gasteiger partial charge < -0.3 is 36.4 Å². The minimum Gasteiger partial charge on any atom is -0.479 e. The smallest absolute Gasteiger partial charge is 0.344 e. The largest absolute Gasteiger partial charge is 0.479 e. The first kappa shape index (κ1) is 36.6. The summed E-state index contributed by atoms with van der Waals surface area (Å²) < 4.78 is 0. The molecule has 7 N–H and O–H groups in total. The van der Waals surface area contributed by atoms with Crippen molar-refractivity contribution in [2.75, 3.05) is 21.1 Å². The fraction of sp³-hybridized carbons (Fsp3) is 0.769. The van der Waals surface area contributed by atoms with Crippen molar-refractivity contribution >= 4 is 34.9 Å². The molecule has 0 aliphatic heterocycles. The Hall–Kier alpha value is -2.42. The molecule has 0 saturated carbocycles. The van der Waals surface area contributed by atoms with Crippen LogP contribution in [0.3, 0.4) is 0 Å². The van der Waals surface area contributed by atoms with E-state index in [9.17, 15) is 49.2 Å². The van der Waals surface area contributed by atoms with Crippen molar-refractivity contribution in [2.24, 2.45) is 5.92 Å². The molecule has 0 aliphatic carbocycles. The molecule has 0 aromatic rings. The molecular formula is C26H45N3O10. The Bertz CT molecular complexity index is 937. The van der Waals surface area contributed by atoms with E-state index in [1.807, 2.05) is 0 Å². The van der Waals surface area contributed by atoms with Crippen LogP contribution >= 0.6 is 0 Å². The Morgan fingerprint density at radius 3 is 1.72 bits per heavy atom. The van der Waals surface area contributed by atoms with Gasteiger partial charge in [0.05, 0.1) is 31.0 Å². The Morgan fingerprint density at radius 1 is 0.795 bits per heavy atom. The third kappa shape index (κ3) is 8.05. The highest BCUT2D eigenvalue weighted by Crippen LogP contribution is 2.30. The van der Waals surface area contributed by atoms with Crippen LogP contribution in [-0.2, 0) is 28.8 Å². The van der Waals surface area contributed by atoms with Gasteiger partial charge in [0, 0.05) is 0 Å². The van der Waals surface area contributed by atoms with E-state index in [1.165, 1.54) is 28.1 Å². The number of aliphatic hydroxyl groups is 3. The van der Waals surface area contributed by atoms with E-state index in [-0.39, 0.29) is 12.3 Å². The average Bonchev–Trinajstić information content (AvgIpc) is 2.89. The van der Waals surface area contributed by atoms with Crippen LogP contribution in [0, 0.1) is 5.92 Å². The maximum Gasteiger partial charge on any atom is 0.344 e. The number of nitrogens with one attached hydrogen (secondary N) is 3. The molecule has 0 amide bonds. The van der Waals surface area contributed by atoms with Crippen LogP contribution in [0.2, 0.25) is 0 Å². The normalized spacial score (nSPS) is 19.4. The first-order valence-electron chi connectivity index (χ1n) is 13.0. The molecule has 0 heterocycles. The van der Waals surface area contributed by atoms with Gasteiger partial charge >= 0.3 is 5.97 Å². The lowest BCUT2D eigenvalue weighted by Gasteiger charge is -2.35. The molecular weight excluding hydrogens is 514 g/mol. The highest BCUT2D eigenvalue weighted by molar-refractivity contribution is 6.25. The van der Waals surface area contributed by atoms with Crippen LogP contribution in [0.5, 0.6) is 0 Å². The lowest BCUT2D eigenvalue weighted by Crippen LogP contribution is -2.66. The zero-order valence-corrected chi connectivity index (χ0v) is 24.1. The Morgan fingerprint density at radius 2 is 1.33 bits per heavy atom. The lowest BCUT2D eigenvalue weighted by molar-refractivity contribution is -0.181. The Kier molecular flexibility index (Phi) is 13.9. The topological polar surface area (TPSA) is 219 Å². The summed E-state index contributed by atoms with van der Waals surface area (Å²) in [4.78, 5) is 78.0. The van der Waals surface area contributed by atoms with Gasteiger partial charge in [-0.25, -0.2) is 4.79 Å². The maximum atomic E-state index is 13.6. The van der Waals surface area contributed by atoms with E-state index in [1.54, 1.807) is 20.8 Å². The minimum absolute atomic E-state index is 0.237. The molecule has 0 aromatic carbocycles. The molecule has 13 nitrogen and oxygen atoms in total. The number of Topliss-reactive ketones (excluding diaryl/α,β-unsaturated/α-hetero) is 5. The molecule has 0 bridgehead atoms. The van der Waals surface area contributed by atoms with Crippen molar-refractivity contribution in [3.63, 3.8) is 0 Å². The summed E-state index contributed by atoms with van der Waals surface area (Å²) >= 11 is 0. The minimum atomic E-state index is -3.61. The summed E-state index contributed by atoms with van der Waals surface area (Å²) in [6.07, 6.45) is -1.61. The van der Waals surface area contributed by atoms with Crippen molar-refractivity contribution in [2.45, 2.75) is 102 Å². The summed E-state index contributed by atoms with van der Waals surface area (Å²) in [6, 6.07) is -3.28. The van der Waals surface area contributed by atoms with Crippen LogP contribution < -0.4 is 16.0 Å². The summed E-state index contributed by atoms with van der Waals surface area (Å²) in [5.74, 6) is -9.31. The number of carboxylic acids is 1. The van der Waals surface area contributed by atoms with E-state index in [0.29, 0.717) is 12.8 Å². The van der Waals surface area contributed by atoms with Gasteiger partial charge in [-0.2, -0.15) is 0 Å². The quantitative estimate of drug-likeness (QED) is 0.0849. The molecule has 0 rings (SSSR count). The molecule has 224 valence electrons. The molecule has 3 unspecified atom stereocenters. The number of hydrogen-bond donors (Lipinski definition) is 7. The second-order valence-electron chi connectivity index (χ2n) is 10.2. The van der Waals surface area contributed by atoms with Gasteiger partial charge in [-0.1, -0.05) is 33.6 Å². The van der Waals surface area contributed by atoms with E-state index in [4.69, 9.17) is 0 Å². The average molecular weight is 560 g/mol. The van der Waals surface area contributed by atoms with Gasteiger partial charge in [0.15, 0.2) is 34.3 Å². The Balaban J connectivity index is 6.74. The van der Waals surface area contributed by atoms with Crippen molar-refractivity contribution in [1.82, 2.24) is 16.0 Å². The number of carbonyl (C=O) groups excluding carboxylic acids is 5. The van der Waals surface area contributed by atoms with Crippen molar-refractivity contribution in [1.29, 1.82) is 0 Å². The molecule has 39 heavy (non-hydrogen) atoms.